The molecule has 1 aromatic rings. The van der Waals surface area contributed by atoms with Gasteiger partial charge in [0.15, 0.2) is 5.16 Å². The van der Waals surface area contributed by atoms with Crippen LogP contribution in [0, 0.1) is 6.92 Å². The number of carbonyl (C=O) groups excluding carboxylic acids is 2. The summed E-state index contributed by atoms with van der Waals surface area (Å²) in [5.41, 5.74) is 6.44. The average molecular weight is 309 g/mol. The molecule has 0 aromatic carbocycles. The van der Waals surface area contributed by atoms with E-state index in [0.29, 0.717) is 37.2 Å². The van der Waals surface area contributed by atoms with Crippen molar-refractivity contribution in [3.05, 3.63) is 11.8 Å². The molecule has 114 valence electrons. The normalized spacial score (nSPS) is 15.1. The summed E-state index contributed by atoms with van der Waals surface area (Å²) in [6.45, 7) is 5.74. The number of aryl methyl sites for hydroxylation is 1. The van der Waals surface area contributed by atoms with Crippen molar-refractivity contribution < 1.29 is 9.59 Å². The summed E-state index contributed by atoms with van der Waals surface area (Å²) in [4.78, 5) is 35.2. The maximum absolute atomic E-state index is 12.1. The van der Waals surface area contributed by atoms with Gasteiger partial charge in [0.1, 0.15) is 5.82 Å². The third-order valence-corrected chi connectivity index (χ3v) is 4.09. The highest BCUT2D eigenvalue weighted by atomic mass is 32.2. The van der Waals surface area contributed by atoms with E-state index in [0.717, 1.165) is 5.69 Å². The number of piperazine rings is 1. The number of anilines is 1. The Morgan fingerprint density at radius 2 is 1.86 bits per heavy atom. The van der Waals surface area contributed by atoms with Crippen LogP contribution >= 0.6 is 11.8 Å². The van der Waals surface area contributed by atoms with E-state index >= 15 is 0 Å². The van der Waals surface area contributed by atoms with Crippen molar-refractivity contribution in [1.82, 2.24) is 19.8 Å². The van der Waals surface area contributed by atoms with Gasteiger partial charge in [-0.3, -0.25) is 9.59 Å². The molecule has 0 bridgehead atoms. The second kappa shape index (κ2) is 6.75. The molecule has 2 rings (SSSR count). The zero-order valence-corrected chi connectivity index (χ0v) is 13.0. The third kappa shape index (κ3) is 4.32. The van der Waals surface area contributed by atoms with Gasteiger partial charge in [0.05, 0.1) is 5.75 Å². The van der Waals surface area contributed by atoms with E-state index in [9.17, 15) is 9.59 Å². The molecule has 0 aliphatic carbocycles. The summed E-state index contributed by atoms with van der Waals surface area (Å²) >= 11 is 1.28. The monoisotopic (exact) mass is 309 g/mol. The van der Waals surface area contributed by atoms with Crippen molar-refractivity contribution in [1.29, 1.82) is 0 Å². The van der Waals surface area contributed by atoms with Gasteiger partial charge in [0.2, 0.25) is 11.8 Å². The molecule has 1 saturated heterocycles. The van der Waals surface area contributed by atoms with Gasteiger partial charge in [-0.1, -0.05) is 11.8 Å². The van der Waals surface area contributed by atoms with Crippen LogP contribution in [0.3, 0.4) is 0 Å². The average Bonchev–Trinajstić information content (AvgIpc) is 2.44. The lowest BCUT2D eigenvalue weighted by Gasteiger charge is -2.34. The van der Waals surface area contributed by atoms with E-state index in [4.69, 9.17) is 5.73 Å². The zero-order valence-electron chi connectivity index (χ0n) is 12.2. The molecule has 8 heteroatoms. The first-order chi connectivity index (χ1) is 9.95. The summed E-state index contributed by atoms with van der Waals surface area (Å²) in [6, 6.07) is 1.69. The van der Waals surface area contributed by atoms with E-state index in [1.54, 1.807) is 22.8 Å². The van der Waals surface area contributed by atoms with Gasteiger partial charge >= 0.3 is 0 Å². The van der Waals surface area contributed by atoms with E-state index < -0.39 is 0 Å². The number of nitrogen functional groups attached to an aromatic ring is 1. The number of thioether (sulfide) groups is 1. The molecule has 1 fully saturated rings. The molecule has 2 heterocycles. The molecule has 1 aromatic heterocycles. The number of nitrogens with zero attached hydrogens (tertiary/aromatic N) is 4. The molecule has 0 spiro atoms. The van der Waals surface area contributed by atoms with Crippen LogP contribution < -0.4 is 5.73 Å². The molecule has 1 aliphatic rings. The van der Waals surface area contributed by atoms with Gasteiger partial charge in [-0.15, -0.1) is 0 Å². The molecule has 0 atom stereocenters. The summed E-state index contributed by atoms with van der Waals surface area (Å²) in [5.74, 6) is 0.780. The Balaban J connectivity index is 1.84. The van der Waals surface area contributed by atoms with E-state index in [1.807, 2.05) is 6.92 Å². The van der Waals surface area contributed by atoms with E-state index in [-0.39, 0.29) is 17.6 Å². The van der Waals surface area contributed by atoms with E-state index in [1.165, 1.54) is 11.8 Å². The summed E-state index contributed by atoms with van der Waals surface area (Å²) < 4.78 is 0. The first-order valence-corrected chi connectivity index (χ1v) is 7.71. The second-order valence-electron chi connectivity index (χ2n) is 4.89. The lowest BCUT2D eigenvalue weighted by atomic mass is 10.3. The molecule has 21 heavy (non-hydrogen) atoms. The minimum atomic E-state index is 0.0341. The van der Waals surface area contributed by atoms with Gasteiger partial charge in [-0.05, 0) is 6.92 Å². The first-order valence-electron chi connectivity index (χ1n) is 6.73. The number of rotatable bonds is 3. The number of hydrogen-bond donors (Lipinski definition) is 1. The number of amides is 2. The molecule has 1 aliphatic heterocycles. The Hall–Kier alpha value is -1.83. The second-order valence-corrected chi connectivity index (χ2v) is 5.83. The topological polar surface area (TPSA) is 92.4 Å². The first kappa shape index (κ1) is 15.6. The van der Waals surface area contributed by atoms with Crippen molar-refractivity contribution in [2.24, 2.45) is 0 Å². The molecule has 2 N–H and O–H groups in total. The van der Waals surface area contributed by atoms with Gasteiger partial charge < -0.3 is 15.5 Å². The largest absolute Gasteiger partial charge is 0.384 e. The van der Waals surface area contributed by atoms with Crippen molar-refractivity contribution >= 4 is 29.4 Å². The van der Waals surface area contributed by atoms with Crippen LogP contribution in [0.4, 0.5) is 5.82 Å². The predicted molar refractivity (Wildman–Crippen MR) is 80.7 cm³/mol. The van der Waals surface area contributed by atoms with E-state index in [2.05, 4.69) is 9.97 Å². The van der Waals surface area contributed by atoms with Crippen LogP contribution in [-0.2, 0) is 9.59 Å². The molecule has 0 saturated carbocycles. The maximum atomic E-state index is 12.1. The Bertz CT molecular complexity index is 523. The summed E-state index contributed by atoms with van der Waals surface area (Å²) in [5, 5.41) is 0.517. The van der Waals surface area contributed by atoms with Gasteiger partial charge in [0.25, 0.3) is 0 Å². The summed E-state index contributed by atoms with van der Waals surface area (Å²) in [7, 11) is 0. The van der Waals surface area contributed by atoms with Gasteiger partial charge in [-0.2, -0.15) is 0 Å². The third-order valence-electron chi connectivity index (χ3n) is 3.26. The Morgan fingerprint density at radius 1 is 1.24 bits per heavy atom. The fraction of sp³-hybridized carbons (Fsp3) is 0.538. The SMILES string of the molecule is CC(=O)N1CCN(C(=O)CSc2nc(C)cc(N)n2)CC1. The minimum absolute atomic E-state index is 0.0341. The maximum Gasteiger partial charge on any atom is 0.233 e. The lowest BCUT2D eigenvalue weighted by Crippen LogP contribution is -2.50. The number of aromatic nitrogens is 2. The van der Waals surface area contributed by atoms with Crippen LogP contribution in [0.5, 0.6) is 0 Å². The van der Waals surface area contributed by atoms with Gasteiger partial charge in [-0.25, -0.2) is 9.97 Å². The molecular weight excluding hydrogens is 290 g/mol. The molecule has 0 radical (unpaired) electrons. The number of nitrogens with two attached hydrogens (primary N) is 1. The van der Waals surface area contributed by atoms with Crippen LogP contribution in [0.25, 0.3) is 0 Å². The standard InChI is InChI=1S/C13H19N5O2S/c1-9-7-11(14)16-13(15-9)21-8-12(20)18-5-3-17(4-6-18)10(2)19/h7H,3-6,8H2,1-2H3,(H2,14,15,16). The Kier molecular flexibility index (Phi) is 5.00. The van der Waals surface area contributed by atoms with Crippen molar-refractivity contribution in [3.63, 3.8) is 0 Å². The molecule has 0 unspecified atom stereocenters. The van der Waals surface area contributed by atoms with Crippen molar-refractivity contribution in [2.45, 2.75) is 19.0 Å². The van der Waals surface area contributed by atoms with Crippen molar-refractivity contribution in [2.75, 3.05) is 37.7 Å². The van der Waals surface area contributed by atoms with Gasteiger partial charge in [0, 0.05) is 44.9 Å². The fourth-order valence-corrected chi connectivity index (χ4v) is 2.93. The quantitative estimate of drug-likeness (QED) is 0.631. The minimum Gasteiger partial charge on any atom is -0.384 e. The summed E-state index contributed by atoms with van der Waals surface area (Å²) in [6.07, 6.45) is 0. The van der Waals surface area contributed by atoms with Crippen molar-refractivity contribution in [3.8, 4) is 0 Å². The zero-order chi connectivity index (χ0) is 15.4. The smallest absolute Gasteiger partial charge is 0.233 e. The Labute approximate surface area is 127 Å². The lowest BCUT2D eigenvalue weighted by molar-refractivity contribution is -0.136. The Morgan fingerprint density at radius 3 is 2.43 bits per heavy atom. The fourth-order valence-electron chi connectivity index (χ4n) is 2.12. The molecule has 2 amide bonds. The van der Waals surface area contributed by atoms with Crippen LogP contribution in [0.15, 0.2) is 11.2 Å². The highest BCUT2D eigenvalue weighted by molar-refractivity contribution is 7.99. The van der Waals surface area contributed by atoms with Crippen LogP contribution in [0.1, 0.15) is 12.6 Å². The number of hydrogen-bond acceptors (Lipinski definition) is 6. The molecule has 7 nitrogen and oxygen atoms in total. The highest BCUT2D eigenvalue weighted by Crippen LogP contribution is 2.16. The molecular formula is C13H19N5O2S. The van der Waals surface area contributed by atoms with Crippen LogP contribution in [0.2, 0.25) is 0 Å². The van der Waals surface area contributed by atoms with Crippen LogP contribution in [-0.4, -0.2) is 63.5 Å². The highest BCUT2D eigenvalue weighted by Gasteiger charge is 2.22. The number of carbonyl (C=O) groups is 2. The predicted octanol–water partition coefficient (Wildman–Crippen LogP) is 0.150.